The van der Waals surface area contributed by atoms with Crippen LogP contribution in [0.3, 0.4) is 0 Å². The van der Waals surface area contributed by atoms with Crippen LogP contribution in [0.2, 0.25) is 0 Å². The molecule has 5 aromatic rings. The van der Waals surface area contributed by atoms with Crippen molar-refractivity contribution in [2.45, 2.75) is 11.1 Å². The number of nitrogens with zero attached hydrogens (tertiary/aromatic N) is 1. The van der Waals surface area contributed by atoms with Gasteiger partial charge in [-0.3, -0.25) is 0 Å². The summed E-state index contributed by atoms with van der Waals surface area (Å²) in [5.41, 5.74) is 2.01. The Morgan fingerprint density at radius 3 is 1.67 bits per heavy atom. The van der Waals surface area contributed by atoms with Crippen molar-refractivity contribution in [3.63, 3.8) is 0 Å². The largest absolute Gasteiger partial charge is 0.339 e. The number of hydrogen-bond donors (Lipinski definition) is 2. The van der Waals surface area contributed by atoms with E-state index in [1.807, 2.05) is 18.2 Å². The molecular weight excluding hydrogens is 403 g/mol. The first-order valence-electron chi connectivity index (χ1n) is 9.98. The molecule has 0 amide bonds. The number of imidazole rings is 1. The molecule has 0 aliphatic rings. The van der Waals surface area contributed by atoms with Crippen molar-refractivity contribution < 1.29 is 0 Å². The van der Waals surface area contributed by atoms with Gasteiger partial charge in [0.2, 0.25) is 0 Å². The monoisotopic (exact) mass is 425 g/mol. The normalized spacial score (nSPS) is 11.6. The molecule has 0 fully saturated rings. The first-order chi connectivity index (χ1) is 14.8. The van der Waals surface area contributed by atoms with E-state index in [9.17, 15) is 0 Å². The van der Waals surface area contributed by atoms with Gasteiger partial charge in [0.05, 0.1) is 11.0 Å². The summed E-state index contributed by atoms with van der Waals surface area (Å²) in [6, 6.07) is 38.8. The van der Waals surface area contributed by atoms with E-state index in [0.717, 1.165) is 27.9 Å². The molecule has 0 saturated heterocycles. The van der Waals surface area contributed by atoms with Crippen molar-refractivity contribution in [1.82, 2.24) is 9.97 Å². The van der Waals surface area contributed by atoms with Gasteiger partial charge in [-0.15, -0.1) is 12.6 Å². The van der Waals surface area contributed by atoms with Crippen LogP contribution in [0.25, 0.3) is 11.0 Å². The molecule has 30 heavy (non-hydrogen) atoms. The Morgan fingerprint density at radius 2 is 1.17 bits per heavy atom. The highest BCUT2D eigenvalue weighted by molar-refractivity contribution is 7.95. The highest BCUT2D eigenvalue weighted by Crippen LogP contribution is 2.57. The second kappa shape index (κ2) is 8.10. The Hall–Kier alpha value is -2.87. The fourth-order valence-corrected chi connectivity index (χ4v) is 8.41. The smallest absolute Gasteiger partial charge is 0.146 e. The Morgan fingerprint density at radius 1 is 0.667 bits per heavy atom. The van der Waals surface area contributed by atoms with Crippen LogP contribution >= 0.6 is 19.9 Å². The predicted molar refractivity (Wildman–Crippen MR) is 132 cm³/mol. The molecule has 1 aromatic heterocycles. The summed E-state index contributed by atoms with van der Waals surface area (Å²) >= 11 is 4.49. The minimum absolute atomic E-state index is 0.835. The SMILES string of the molecule is Sc1ccc2nc(C[P+](c3ccccc3)(c3ccccc3)c3ccccc3)[nH]c2c1. The molecule has 0 radical (unpaired) electrons. The van der Waals surface area contributed by atoms with Crippen molar-refractivity contribution in [1.29, 1.82) is 0 Å². The number of fused-ring (bicyclic) bond motifs is 1. The van der Waals surface area contributed by atoms with Gasteiger partial charge in [0.1, 0.15) is 35.2 Å². The van der Waals surface area contributed by atoms with Gasteiger partial charge < -0.3 is 4.98 Å². The summed E-state index contributed by atoms with van der Waals surface area (Å²) in [7, 11) is -1.96. The molecular formula is C26H22N2PS+. The average Bonchev–Trinajstić information content (AvgIpc) is 3.20. The first kappa shape index (κ1) is 19.1. The maximum Gasteiger partial charge on any atom is 0.146 e. The molecule has 0 aliphatic carbocycles. The average molecular weight is 426 g/mol. The maximum atomic E-state index is 4.95. The molecule has 4 heteroatoms. The number of rotatable bonds is 5. The van der Waals surface area contributed by atoms with Crippen LogP contribution in [0.4, 0.5) is 0 Å². The number of H-pyrrole nitrogens is 1. The third-order valence-corrected chi connectivity index (χ3v) is 10.1. The number of thiol groups is 1. The summed E-state index contributed by atoms with van der Waals surface area (Å²) in [5.74, 6) is 1.01. The molecule has 1 heterocycles. The molecule has 0 aliphatic heterocycles. The molecule has 0 spiro atoms. The van der Waals surface area contributed by atoms with Gasteiger partial charge >= 0.3 is 0 Å². The summed E-state index contributed by atoms with van der Waals surface area (Å²) in [6.45, 7) is 0. The zero-order chi connectivity index (χ0) is 20.4. The molecule has 146 valence electrons. The lowest BCUT2D eigenvalue weighted by molar-refractivity contribution is 1.13. The number of aromatic nitrogens is 2. The van der Waals surface area contributed by atoms with Crippen LogP contribution in [-0.4, -0.2) is 9.97 Å². The van der Waals surface area contributed by atoms with Crippen LogP contribution in [0.1, 0.15) is 5.82 Å². The molecule has 4 aromatic carbocycles. The Bertz CT molecular complexity index is 1170. The summed E-state index contributed by atoms with van der Waals surface area (Å²) < 4.78 is 0. The third kappa shape index (κ3) is 3.45. The predicted octanol–water partition coefficient (Wildman–Crippen LogP) is 5.35. The van der Waals surface area contributed by atoms with E-state index >= 15 is 0 Å². The van der Waals surface area contributed by atoms with Crippen LogP contribution in [-0.2, 0) is 6.16 Å². The van der Waals surface area contributed by atoms with Crippen LogP contribution < -0.4 is 15.9 Å². The zero-order valence-electron chi connectivity index (χ0n) is 16.4. The summed E-state index contributed by atoms with van der Waals surface area (Å²) in [6.07, 6.45) is 0.835. The quantitative estimate of drug-likeness (QED) is 0.289. The van der Waals surface area contributed by atoms with E-state index in [2.05, 4.69) is 109 Å². The standard InChI is InChI=1S/C26H21N2PS/c30-23-16-17-24-25(18-23)28-26(27-24)19-29(20-10-4-1-5-11-20,21-12-6-2-7-13-21)22-14-8-3-9-15-22/h1-18H,19H2,(H-,27,28,30)/p+1. The van der Waals surface area contributed by atoms with E-state index in [1.165, 1.54) is 15.9 Å². The van der Waals surface area contributed by atoms with Crippen molar-refractivity contribution in [2.75, 3.05) is 0 Å². The van der Waals surface area contributed by atoms with E-state index in [4.69, 9.17) is 4.98 Å². The van der Waals surface area contributed by atoms with E-state index in [1.54, 1.807) is 0 Å². The van der Waals surface area contributed by atoms with Crippen molar-refractivity contribution >= 4 is 46.8 Å². The van der Waals surface area contributed by atoms with Crippen LogP contribution in [0.5, 0.6) is 0 Å². The lowest BCUT2D eigenvalue weighted by atomic mass is 10.3. The Balaban J connectivity index is 1.76. The third-order valence-electron chi connectivity index (χ3n) is 5.49. The lowest BCUT2D eigenvalue weighted by Gasteiger charge is -2.26. The Kier molecular flexibility index (Phi) is 5.16. The molecule has 0 bridgehead atoms. The lowest BCUT2D eigenvalue weighted by Crippen LogP contribution is -2.32. The van der Waals surface area contributed by atoms with E-state index < -0.39 is 7.26 Å². The van der Waals surface area contributed by atoms with Gasteiger partial charge in [0.15, 0.2) is 0 Å². The highest BCUT2D eigenvalue weighted by atomic mass is 32.1. The topological polar surface area (TPSA) is 28.7 Å². The maximum absolute atomic E-state index is 4.95. The van der Waals surface area contributed by atoms with Crippen LogP contribution in [0, 0.1) is 0 Å². The Labute approximate surface area is 182 Å². The second-order valence-corrected chi connectivity index (χ2v) is 11.4. The molecule has 0 saturated carbocycles. The molecule has 0 unspecified atom stereocenters. The van der Waals surface area contributed by atoms with Gasteiger partial charge in [0.25, 0.3) is 0 Å². The molecule has 2 nitrogen and oxygen atoms in total. The molecule has 1 N–H and O–H groups in total. The zero-order valence-corrected chi connectivity index (χ0v) is 18.2. The number of nitrogens with one attached hydrogen (secondary N) is 1. The fraction of sp³-hybridized carbons (Fsp3) is 0.0385. The van der Waals surface area contributed by atoms with Crippen LogP contribution in [0.15, 0.2) is 114 Å². The minimum atomic E-state index is -1.96. The first-order valence-corrected chi connectivity index (χ1v) is 12.4. The van der Waals surface area contributed by atoms with Crippen molar-refractivity contribution in [3.8, 4) is 0 Å². The number of aromatic amines is 1. The second-order valence-electron chi connectivity index (χ2n) is 7.36. The van der Waals surface area contributed by atoms with E-state index in [0.29, 0.717) is 0 Å². The highest BCUT2D eigenvalue weighted by Gasteiger charge is 2.46. The fourth-order valence-electron chi connectivity index (χ4n) is 4.12. The van der Waals surface area contributed by atoms with Gasteiger partial charge in [-0.2, -0.15) is 0 Å². The molecule has 5 rings (SSSR count). The van der Waals surface area contributed by atoms with Gasteiger partial charge in [-0.25, -0.2) is 4.98 Å². The van der Waals surface area contributed by atoms with E-state index in [-0.39, 0.29) is 0 Å². The van der Waals surface area contributed by atoms with Crippen molar-refractivity contribution in [2.24, 2.45) is 0 Å². The summed E-state index contributed by atoms with van der Waals surface area (Å²) in [5, 5.41) is 4.08. The summed E-state index contributed by atoms with van der Waals surface area (Å²) in [4.78, 5) is 9.46. The number of benzene rings is 4. The number of hydrogen-bond acceptors (Lipinski definition) is 2. The minimum Gasteiger partial charge on any atom is -0.339 e. The molecule has 0 atom stereocenters. The van der Waals surface area contributed by atoms with Gasteiger partial charge in [0, 0.05) is 4.90 Å². The van der Waals surface area contributed by atoms with Gasteiger partial charge in [-0.1, -0.05) is 54.6 Å². The van der Waals surface area contributed by atoms with Gasteiger partial charge in [-0.05, 0) is 54.6 Å². The van der Waals surface area contributed by atoms with Crippen molar-refractivity contribution in [3.05, 3.63) is 115 Å².